The van der Waals surface area contributed by atoms with Crippen molar-refractivity contribution in [1.29, 1.82) is 0 Å². The van der Waals surface area contributed by atoms with Crippen LogP contribution in [0.5, 0.6) is 5.75 Å². The van der Waals surface area contributed by atoms with Crippen LogP contribution in [0.1, 0.15) is 15.9 Å². The van der Waals surface area contributed by atoms with Crippen LogP contribution in [0.15, 0.2) is 39.9 Å². The summed E-state index contributed by atoms with van der Waals surface area (Å²) < 4.78 is 6.97. The summed E-state index contributed by atoms with van der Waals surface area (Å²) in [6, 6.07) is 7.04. The summed E-state index contributed by atoms with van der Waals surface area (Å²) >= 11 is 0. The van der Waals surface area contributed by atoms with Crippen LogP contribution in [0.25, 0.3) is 6.08 Å². The van der Waals surface area contributed by atoms with Crippen molar-refractivity contribution in [1.82, 2.24) is 9.13 Å². The first-order valence-electron chi connectivity index (χ1n) is 6.78. The zero-order valence-electron chi connectivity index (χ0n) is 13.1. The molecule has 7 heteroatoms. The minimum atomic E-state index is -0.713. The van der Waals surface area contributed by atoms with E-state index in [4.69, 9.17) is 10.5 Å². The monoisotopic (exact) mass is 315 g/mol. The van der Waals surface area contributed by atoms with Gasteiger partial charge in [0.05, 0.1) is 7.11 Å². The van der Waals surface area contributed by atoms with Crippen LogP contribution in [-0.4, -0.2) is 22.0 Å². The highest BCUT2D eigenvalue weighted by Gasteiger charge is 2.18. The highest BCUT2D eigenvalue weighted by atomic mass is 16.5. The van der Waals surface area contributed by atoms with Gasteiger partial charge in [-0.1, -0.05) is 18.2 Å². The molecular weight excluding hydrogens is 298 g/mol. The number of ketones is 1. The van der Waals surface area contributed by atoms with E-state index < -0.39 is 17.0 Å². The SMILES string of the molecule is COc1ccc(/C=C/C(=O)c2c(N)n(C)c(=O)n(C)c2=O)cc1. The van der Waals surface area contributed by atoms with Gasteiger partial charge in [-0.2, -0.15) is 0 Å². The second-order valence-corrected chi connectivity index (χ2v) is 4.94. The number of carbonyl (C=O) groups excluding carboxylic acids is 1. The normalized spacial score (nSPS) is 10.9. The molecule has 7 nitrogen and oxygen atoms in total. The van der Waals surface area contributed by atoms with Gasteiger partial charge in [0.1, 0.15) is 17.1 Å². The average molecular weight is 315 g/mol. The van der Waals surface area contributed by atoms with Crippen molar-refractivity contribution in [3.63, 3.8) is 0 Å². The molecule has 1 aromatic heterocycles. The molecule has 2 N–H and O–H groups in total. The number of methoxy groups -OCH3 is 1. The van der Waals surface area contributed by atoms with Crippen molar-refractivity contribution in [2.45, 2.75) is 0 Å². The molecule has 0 unspecified atom stereocenters. The number of benzene rings is 1. The number of nitrogen functional groups attached to an aromatic ring is 1. The Morgan fingerprint density at radius 3 is 2.30 bits per heavy atom. The number of carbonyl (C=O) groups is 1. The van der Waals surface area contributed by atoms with Gasteiger partial charge in [-0.05, 0) is 23.8 Å². The Hall–Kier alpha value is -3.09. The van der Waals surface area contributed by atoms with Crippen molar-refractivity contribution >= 4 is 17.7 Å². The van der Waals surface area contributed by atoms with E-state index in [1.54, 1.807) is 37.5 Å². The number of hydrogen-bond acceptors (Lipinski definition) is 5. The molecule has 0 saturated heterocycles. The van der Waals surface area contributed by atoms with Gasteiger partial charge in [-0.3, -0.25) is 18.7 Å². The minimum Gasteiger partial charge on any atom is -0.497 e. The Balaban J connectivity index is 2.39. The maximum Gasteiger partial charge on any atom is 0.332 e. The van der Waals surface area contributed by atoms with Gasteiger partial charge >= 0.3 is 5.69 Å². The van der Waals surface area contributed by atoms with Crippen LogP contribution in [0.2, 0.25) is 0 Å². The molecule has 0 aliphatic rings. The Morgan fingerprint density at radius 2 is 1.74 bits per heavy atom. The van der Waals surface area contributed by atoms with Gasteiger partial charge in [0.25, 0.3) is 5.56 Å². The van der Waals surface area contributed by atoms with Gasteiger partial charge in [0, 0.05) is 14.1 Å². The summed E-state index contributed by atoms with van der Waals surface area (Å²) in [5.74, 6) is -0.0124. The van der Waals surface area contributed by atoms with E-state index >= 15 is 0 Å². The topological polar surface area (TPSA) is 96.3 Å². The molecule has 1 aromatic carbocycles. The molecule has 0 spiro atoms. The average Bonchev–Trinajstić information content (AvgIpc) is 2.57. The third-order valence-electron chi connectivity index (χ3n) is 3.50. The summed E-state index contributed by atoms with van der Waals surface area (Å²) in [5, 5.41) is 0. The van der Waals surface area contributed by atoms with E-state index in [0.717, 1.165) is 14.7 Å². The number of anilines is 1. The highest BCUT2D eigenvalue weighted by molar-refractivity contribution is 6.09. The summed E-state index contributed by atoms with van der Waals surface area (Å²) in [6.45, 7) is 0. The smallest absolute Gasteiger partial charge is 0.332 e. The molecule has 0 amide bonds. The lowest BCUT2D eigenvalue weighted by Crippen LogP contribution is -2.41. The number of hydrogen-bond donors (Lipinski definition) is 1. The lowest BCUT2D eigenvalue weighted by Gasteiger charge is -2.09. The van der Waals surface area contributed by atoms with E-state index in [0.29, 0.717) is 5.75 Å². The molecule has 2 aromatic rings. The Bertz CT molecular complexity index is 889. The lowest BCUT2D eigenvalue weighted by atomic mass is 10.1. The third kappa shape index (κ3) is 3.08. The van der Waals surface area contributed by atoms with Crippen LogP contribution in [0.4, 0.5) is 5.82 Å². The zero-order valence-corrected chi connectivity index (χ0v) is 13.1. The van der Waals surface area contributed by atoms with Crippen LogP contribution in [0.3, 0.4) is 0 Å². The summed E-state index contributed by atoms with van der Waals surface area (Å²) in [4.78, 5) is 36.1. The molecule has 0 aliphatic heterocycles. The van der Waals surface area contributed by atoms with E-state index in [1.807, 2.05) is 0 Å². The molecule has 0 radical (unpaired) electrons. The van der Waals surface area contributed by atoms with E-state index in [2.05, 4.69) is 0 Å². The van der Waals surface area contributed by atoms with Gasteiger partial charge in [0.15, 0.2) is 5.78 Å². The van der Waals surface area contributed by atoms with E-state index in [9.17, 15) is 14.4 Å². The molecule has 0 bridgehead atoms. The van der Waals surface area contributed by atoms with Crippen molar-refractivity contribution in [3.8, 4) is 5.75 Å². The molecule has 0 aliphatic carbocycles. The van der Waals surface area contributed by atoms with Crippen LogP contribution < -0.4 is 21.7 Å². The van der Waals surface area contributed by atoms with Gasteiger partial charge in [-0.25, -0.2) is 4.79 Å². The summed E-state index contributed by atoms with van der Waals surface area (Å²) in [7, 11) is 4.27. The quantitative estimate of drug-likeness (QED) is 0.657. The van der Waals surface area contributed by atoms with Crippen LogP contribution >= 0.6 is 0 Å². The molecular formula is C16H17N3O4. The fraction of sp³-hybridized carbons (Fsp3) is 0.188. The van der Waals surface area contributed by atoms with Gasteiger partial charge < -0.3 is 10.5 Å². The van der Waals surface area contributed by atoms with Gasteiger partial charge in [0.2, 0.25) is 0 Å². The molecule has 120 valence electrons. The molecule has 0 saturated carbocycles. The first kappa shape index (κ1) is 16.3. The standard InChI is InChI=1S/C16H17N3O4/c1-18-14(17)13(15(21)19(2)16(18)22)12(20)9-6-10-4-7-11(23-3)8-5-10/h4-9H,17H2,1-3H3/b9-6+. The van der Waals surface area contributed by atoms with Crippen molar-refractivity contribution in [2.75, 3.05) is 12.8 Å². The number of nitrogens with two attached hydrogens (primary N) is 1. The highest BCUT2D eigenvalue weighted by Crippen LogP contribution is 2.13. The van der Waals surface area contributed by atoms with Gasteiger partial charge in [-0.15, -0.1) is 0 Å². The molecule has 0 atom stereocenters. The molecule has 1 heterocycles. The summed E-state index contributed by atoms with van der Waals surface area (Å²) in [5.41, 5.74) is 4.99. The number of rotatable bonds is 4. The first-order chi connectivity index (χ1) is 10.9. The first-order valence-corrected chi connectivity index (χ1v) is 6.78. The third-order valence-corrected chi connectivity index (χ3v) is 3.50. The number of nitrogens with zero attached hydrogens (tertiary/aromatic N) is 2. The predicted octanol–water partition coefficient (Wildman–Crippen LogP) is 0.571. The fourth-order valence-corrected chi connectivity index (χ4v) is 2.06. The maximum absolute atomic E-state index is 12.3. The Morgan fingerprint density at radius 1 is 1.13 bits per heavy atom. The predicted molar refractivity (Wildman–Crippen MR) is 87.7 cm³/mol. The second-order valence-electron chi connectivity index (χ2n) is 4.94. The van der Waals surface area contributed by atoms with Crippen molar-refractivity contribution in [3.05, 3.63) is 62.3 Å². The molecule has 23 heavy (non-hydrogen) atoms. The van der Waals surface area contributed by atoms with E-state index in [-0.39, 0.29) is 11.4 Å². The van der Waals surface area contributed by atoms with E-state index in [1.165, 1.54) is 20.2 Å². The number of ether oxygens (including phenoxy) is 1. The maximum atomic E-state index is 12.3. The Kier molecular flexibility index (Phi) is 4.49. The largest absolute Gasteiger partial charge is 0.497 e. The second kappa shape index (κ2) is 6.35. The van der Waals surface area contributed by atoms with Crippen molar-refractivity contribution < 1.29 is 9.53 Å². The molecule has 0 fully saturated rings. The van der Waals surface area contributed by atoms with Crippen LogP contribution in [0, 0.1) is 0 Å². The molecule has 2 rings (SSSR count). The number of allylic oxidation sites excluding steroid dienone is 1. The minimum absolute atomic E-state index is 0.150. The van der Waals surface area contributed by atoms with Crippen LogP contribution in [-0.2, 0) is 14.1 Å². The fourth-order valence-electron chi connectivity index (χ4n) is 2.06. The van der Waals surface area contributed by atoms with Crippen molar-refractivity contribution in [2.24, 2.45) is 14.1 Å². The Labute approximate surface area is 132 Å². The zero-order chi connectivity index (χ0) is 17.1. The number of aromatic nitrogens is 2. The summed E-state index contributed by atoms with van der Waals surface area (Å²) in [6.07, 6.45) is 2.81. The lowest BCUT2D eigenvalue weighted by molar-refractivity contribution is 0.104.